The zero-order chi connectivity index (χ0) is 10.5. The van der Waals surface area contributed by atoms with Crippen molar-refractivity contribution in [3.8, 4) is 11.1 Å². The minimum Gasteiger partial charge on any atom is -0.353 e. The SMILES string of the molecule is S=CNc1ccc(-c2ccccc2)cc1. The minimum absolute atomic E-state index is 1.02. The van der Waals surface area contributed by atoms with Crippen LogP contribution in [0.25, 0.3) is 11.1 Å². The summed E-state index contributed by atoms with van der Waals surface area (Å²) in [7, 11) is 0. The molecule has 2 aromatic carbocycles. The van der Waals surface area contributed by atoms with Crippen LogP contribution in [0.4, 0.5) is 5.69 Å². The van der Waals surface area contributed by atoms with Crippen LogP contribution in [0.2, 0.25) is 0 Å². The van der Waals surface area contributed by atoms with Gasteiger partial charge in [0, 0.05) is 5.69 Å². The maximum Gasteiger partial charge on any atom is 0.0658 e. The average Bonchev–Trinajstić information content (AvgIpc) is 2.32. The van der Waals surface area contributed by atoms with E-state index in [9.17, 15) is 0 Å². The molecule has 0 heterocycles. The Morgan fingerprint density at radius 1 is 0.800 bits per heavy atom. The first kappa shape index (κ1) is 9.87. The van der Waals surface area contributed by atoms with Gasteiger partial charge in [0.25, 0.3) is 0 Å². The second kappa shape index (κ2) is 4.71. The summed E-state index contributed by atoms with van der Waals surface area (Å²) in [5.41, 5.74) is 4.97. The van der Waals surface area contributed by atoms with Crippen molar-refractivity contribution in [1.82, 2.24) is 0 Å². The van der Waals surface area contributed by atoms with Crippen molar-refractivity contribution >= 4 is 23.4 Å². The molecule has 0 spiro atoms. The van der Waals surface area contributed by atoms with Gasteiger partial charge in [-0.15, -0.1) is 0 Å². The van der Waals surface area contributed by atoms with E-state index in [0.29, 0.717) is 0 Å². The van der Waals surface area contributed by atoms with Crippen LogP contribution in [0.1, 0.15) is 0 Å². The monoisotopic (exact) mass is 213 g/mol. The number of thiocarbonyl (C=S) groups is 1. The normalized spacial score (nSPS) is 9.60. The van der Waals surface area contributed by atoms with E-state index in [0.717, 1.165) is 5.69 Å². The van der Waals surface area contributed by atoms with Crippen LogP contribution < -0.4 is 5.32 Å². The summed E-state index contributed by atoms with van der Waals surface area (Å²) in [5, 5.41) is 2.98. The third-order valence-electron chi connectivity index (χ3n) is 2.22. The number of benzene rings is 2. The van der Waals surface area contributed by atoms with Gasteiger partial charge in [-0.3, -0.25) is 0 Å². The first-order chi connectivity index (χ1) is 7.40. The Labute approximate surface area is 94.8 Å². The largest absolute Gasteiger partial charge is 0.353 e. The molecule has 74 valence electrons. The fourth-order valence-corrected chi connectivity index (χ4v) is 1.59. The van der Waals surface area contributed by atoms with Gasteiger partial charge < -0.3 is 5.32 Å². The van der Waals surface area contributed by atoms with Gasteiger partial charge in [-0.25, -0.2) is 0 Å². The molecule has 1 nitrogen and oxygen atoms in total. The van der Waals surface area contributed by atoms with Crippen molar-refractivity contribution in [2.24, 2.45) is 0 Å². The third kappa shape index (κ3) is 2.42. The molecule has 0 aliphatic heterocycles. The zero-order valence-electron chi connectivity index (χ0n) is 8.18. The van der Waals surface area contributed by atoms with Gasteiger partial charge >= 0.3 is 0 Å². The van der Waals surface area contributed by atoms with Gasteiger partial charge in [-0.2, -0.15) is 0 Å². The van der Waals surface area contributed by atoms with Crippen LogP contribution in [0.5, 0.6) is 0 Å². The van der Waals surface area contributed by atoms with Gasteiger partial charge in [0.2, 0.25) is 0 Å². The lowest BCUT2D eigenvalue weighted by Crippen LogP contribution is -1.90. The van der Waals surface area contributed by atoms with Crippen LogP contribution in [-0.2, 0) is 0 Å². The first-order valence-corrected chi connectivity index (χ1v) is 5.23. The number of hydrogen-bond donors (Lipinski definition) is 1. The van der Waals surface area contributed by atoms with Gasteiger partial charge in [-0.1, -0.05) is 54.7 Å². The fourth-order valence-electron chi connectivity index (χ4n) is 1.46. The van der Waals surface area contributed by atoms with E-state index in [2.05, 4.69) is 29.6 Å². The Balaban J connectivity index is 2.28. The lowest BCUT2D eigenvalue weighted by atomic mass is 10.1. The first-order valence-electron chi connectivity index (χ1n) is 4.76. The second-order valence-corrected chi connectivity index (χ2v) is 3.44. The number of rotatable bonds is 3. The number of hydrogen-bond acceptors (Lipinski definition) is 1. The highest BCUT2D eigenvalue weighted by Gasteiger charge is 1.95. The molecule has 0 atom stereocenters. The highest BCUT2D eigenvalue weighted by Crippen LogP contribution is 2.20. The quantitative estimate of drug-likeness (QED) is 0.780. The summed E-state index contributed by atoms with van der Waals surface area (Å²) < 4.78 is 0. The van der Waals surface area contributed by atoms with Crippen LogP contribution >= 0.6 is 12.2 Å². The predicted octanol–water partition coefficient (Wildman–Crippen LogP) is 3.72. The Bertz CT molecular complexity index is 434. The topological polar surface area (TPSA) is 12.0 Å². The molecule has 0 saturated carbocycles. The summed E-state index contributed by atoms with van der Waals surface area (Å²) in [6, 6.07) is 18.5. The summed E-state index contributed by atoms with van der Waals surface area (Å²) in [6.07, 6.45) is 0. The molecule has 0 radical (unpaired) electrons. The van der Waals surface area contributed by atoms with Gasteiger partial charge in [0.1, 0.15) is 0 Å². The molecule has 2 heteroatoms. The van der Waals surface area contributed by atoms with Crippen molar-refractivity contribution in [1.29, 1.82) is 0 Å². The molecule has 0 aliphatic carbocycles. The summed E-state index contributed by atoms with van der Waals surface area (Å²) in [6.45, 7) is 0. The highest BCUT2D eigenvalue weighted by molar-refractivity contribution is 7.79. The Hall–Kier alpha value is -1.67. The molecular weight excluding hydrogens is 202 g/mol. The Morgan fingerprint density at radius 2 is 1.40 bits per heavy atom. The zero-order valence-corrected chi connectivity index (χ0v) is 9.00. The average molecular weight is 213 g/mol. The van der Waals surface area contributed by atoms with Crippen molar-refractivity contribution in [2.45, 2.75) is 0 Å². The van der Waals surface area contributed by atoms with Crippen molar-refractivity contribution in [2.75, 3.05) is 5.32 Å². The van der Waals surface area contributed by atoms with Crippen LogP contribution in [-0.4, -0.2) is 5.49 Å². The fraction of sp³-hybridized carbons (Fsp3) is 0. The van der Waals surface area contributed by atoms with E-state index in [-0.39, 0.29) is 0 Å². The summed E-state index contributed by atoms with van der Waals surface area (Å²) >= 11 is 4.72. The highest BCUT2D eigenvalue weighted by atomic mass is 32.1. The minimum atomic E-state index is 1.02. The predicted molar refractivity (Wildman–Crippen MR) is 69.2 cm³/mol. The van der Waals surface area contributed by atoms with Crippen molar-refractivity contribution in [3.05, 3.63) is 54.6 Å². The Kier molecular flexibility index (Phi) is 3.10. The molecule has 0 amide bonds. The van der Waals surface area contributed by atoms with Gasteiger partial charge in [0.05, 0.1) is 5.49 Å². The lowest BCUT2D eigenvalue weighted by molar-refractivity contribution is 1.61. The summed E-state index contributed by atoms with van der Waals surface area (Å²) in [4.78, 5) is 0. The maximum absolute atomic E-state index is 4.72. The molecule has 0 saturated heterocycles. The van der Waals surface area contributed by atoms with E-state index in [1.54, 1.807) is 0 Å². The van der Waals surface area contributed by atoms with Crippen LogP contribution in [0.3, 0.4) is 0 Å². The standard InChI is InChI=1S/C13H11NS/c15-10-14-13-8-6-12(7-9-13)11-4-2-1-3-5-11/h1-10H,(H,14,15). The third-order valence-corrected chi connectivity index (χ3v) is 2.34. The van der Waals surface area contributed by atoms with Crippen LogP contribution in [0.15, 0.2) is 54.6 Å². The van der Waals surface area contributed by atoms with Crippen molar-refractivity contribution < 1.29 is 0 Å². The smallest absolute Gasteiger partial charge is 0.0658 e. The van der Waals surface area contributed by atoms with E-state index in [4.69, 9.17) is 12.2 Å². The molecule has 0 aliphatic rings. The molecule has 0 fully saturated rings. The van der Waals surface area contributed by atoms with Crippen molar-refractivity contribution in [3.63, 3.8) is 0 Å². The molecule has 0 bridgehead atoms. The molecule has 0 unspecified atom stereocenters. The molecule has 0 aromatic heterocycles. The van der Waals surface area contributed by atoms with E-state index in [1.165, 1.54) is 16.6 Å². The van der Waals surface area contributed by atoms with E-state index < -0.39 is 0 Å². The van der Waals surface area contributed by atoms with Crippen LogP contribution in [0, 0.1) is 0 Å². The molecule has 1 N–H and O–H groups in total. The maximum atomic E-state index is 4.72. The van der Waals surface area contributed by atoms with Gasteiger partial charge in [-0.05, 0) is 23.3 Å². The second-order valence-electron chi connectivity index (χ2n) is 3.21. The van der Waals surface area contributed by atoms with Gasteiger partial charge in [0.15, 0.2) is 0 Å². The molecular formula is C13H11NS. The Morgan fingerprint density at radius 3 is 2.00 bits per heavy atom. The lowest BCUT2D eigenvalue weighted by Gasteiger charge is -2.03. The van der Waals surface area contributed by atoms with E-state index in [1.807, 2.05) is 30.3 Å². The number of nitrogens with one attached hydrogen (secondary N) is 1. The summed E-state index contributed by atoms with van der Waals surface area (Å²) in [5.74, 6) is 0. The van der Waals surface area contributed by atoms with E-state index >= 15 is 0 Å². The molecule has 15 heavy (non-hydrogen) atoms. The number of anilines is 1. The molecule has 2 aromatic rings. The molecule has 2 rings (SSSR count).